The molecule has 2 atom stereocenters. The zero-order valence-electron chi connectivity index (χ0n) is 13.4. The van der Waals surface area contributed by atoms with Crippen LogP contribution in [0.15, 0.2) is 29.4 Å². The third-order valence-corrected chi connectivity index (χ3v) is 6.19. The number of amides is 1. The third kappa shape index (κ3) is 2.02. The molecule has 3 heteroatoms. The Labute approximate surface area is 126 Å². The van der Waals surface area contributed by atoms with Gasteiger partial charge in [0.15, 0.2) is 0 Å². The first-order chi connectivity index (χ1) is 9.86. The molecule has 0 aliphatic heterocycles. The van der Waals surface area contributed by atoms with Gasteiger partial charge < -0.3 is 0 Å². The highest BCUT2D eigenvalue weighted by atomic mass is 16.2. The Morgan fingerprint density at radius 2 is 2.00 bits per heavy atom. The summed E-state index contributed by atoms with van der Waals surface area (Å²) in [7, 11) is 0. The van der Waals surface area contributed by atoms with Crippen LogP contribution in [-0.2, 0) is 0 Å². The van der Waals surface area contributed by atoms with Gasteiger partial charge in [0.25, 0.3) is 5.91 Å². The van der Waals surface area contributed by atoms with Crippen LogP contribution in [0.1, 0.15) is 56.0 Å². The fourth-order valence-electron chi connectivity index (χ4n) is 4.10. The van der Waals surface area contributed by atoms with E-state index in [4.69, 9.17) is 0 Å². The van der Waals surface area contributed by atoms with Crippen LogP contribution in [0.25, 0.3) is 0 Å². The summed E-state index contributed by atoms with van der Waals surface area (Å²) in [6.07, 6.45) is 3.50. The van der Waals surface area contributed by atoms with Gasteiger partial charge in [-0.05, 0) is 49.1 Å². The van der Waals surface area contributed by atoms with Crippen molar-refractivity contribution in [1.29, 1.82) is 0 Å². The van der Waals surface area contributed by atoms with E-state index in [1.54, 1.807) is 0 Å². The molecule has 0 radical (unpaired) electrons. The normalized spacial score (nSPS) is 31.6. The number of nitrogens with zero attached hydrogens (tertiary/aromatic N) is 1. The number of hydrogen-bond acceptors (Lipinski definition) is 2. The number of aryl methyl sites for hydroxylation is 1. The van der Waals surface area contributed by atoms with Gasteiger partial charge in [-0.1, -0.05) is 39.0 Å². The monoisotopic (exact) mass is 284 g/mol. The van der Waals surface area contributed by atoms with Crippen LogP contribution < -0.4 is 5.43 Å². The van der Waals surface area contributed by atoms with E-state index in [9.17, 15) is 4.79 Å². The van der Waals surface area contributed by atoms with Gasteiger partial charge >= 0.3 is 0 Å². The molecule has 0 heterocycles. The number of hydrazone groups is 1. The molecule has 1 amide bonds. The van der Waals surface area contributed by atoms with Crippen LogP contribution in [0.2, 0.25) is 0 Å². The van der Waals surface area contributed by atoms with Gasteiger partial charge in [-0.25, -0.2) is 5.43 Å². The van der Waals surface area contributed by atoms with E-state index in [2.05, 4.69) is 31.3 Å². The molecule has 3 nitrogen and oxygen atoms in total. The summed E-state index contributed by atoms with van der Waals surface area (Å²) >= 11 is 0. The Hall–Kier alpha value is -1.64. The summed E-state index contributed by atoms with van der Waals surface area (Å²) in [4.78, 5) is 12.3. The molecule has 2 aliphatic carbocycles. The first-order valence-corrected chi connectivity index (χ1v) is 7.79. The lowest BCUT2D eigenvalue weighted by molar-refractivity contribution is 0.0953. The zero-order valence-corrected chi connectivity index (χ0v) is 13.4. The van der Waals surface area contributed by atoms with Gasteiger partial charge in [-0.3, -0.25) is 4.79 Å². The van der Waals surface area contributed by atoms with Gasteiger partial charge in [0, 0.05) is 16.7 Å². The summed E-state index contributed by atoms with van der Waals surface area (Å²) < 4.78 is 0. The Morgan fingerprint density at radius 1 is 1.29 bits per heavy atom. The van der Waals surface area contributed by atoms with Crippen molar-refractivity contribution in [2.75, 3.05) is 0 Å². The lowest BCUT2D eigenvalue weighted by Crippen LogP contribution is -2.34. The smallest absolute Gasteiger partial charge is 0.267 e. The molecule has 2 fully saturated rings. The van der Waals surface area contributed by atoms with Crippen molar-refractivity contribution in [3.05, 3.63) is 35.4 Å². The Balaban J connectivity index is 1.79. The van der Waals surface area contributed by atoms with Crippen molar-refractivity contribution in [3.8, 4) is 0 Å². The molecule has 0 aromatic heterocycles. The second-order valence-corrected chi connectivity index (χ2v) is 7.31. The van der Waals surface area contributed by atoms with Gasteiger partial charge in [0.05, 0.1) is 0 Å². The summed E-state index contributed by atoms with van der Waals surface area (Å²) in [5, 5.41) is 4.51. The van der Waals surface area contributed by atoms with Gasteiger partial charge in [-0.15, -0.1) is 0 Å². The van der Waals surface area contributed by atoms with Crippen LogP contribution in [-0.4, -0.2) is 11.6 Å². The highest BCUT2D eigenvalue weighted by Gasteiger charge is 2.59. The molecule has 0 spiro atoms. The third-order valence-electron chi connectivity index (χ3n) is 6.19. The topological polar surface area (TPSA) is 41.5 Å². The second kappa shape index (κ2) is 4.69. The predicted octanol–water partition coefficient (Wildman–Crippen LogP) is 3.93. The molecular weight excluding hydrogens is 260 g/mol. The Morgan fingerprint density at radius 3 is 2.57 bits per heavy atom. The van der Waals surface area contributed by atoms with Crippen LogP contribution >= 0.6 is 0 Å². The zero-order chi connectivity index (χ0) is 15.3. The van der Waals surface area contributed by atoms with E-state index in [-0.39, 0.29) is 11.3 Å². The quantitative estimate of drug-likeness (QED) is 0.821. The minimum atomic E-state index is -0.107. The van der Waals surface area contributed by atoms with Crippen molar-refractivity contribution in [1.82, 2.24) is 5.43 Å². The molecule has 2 unspecified atom stereocenters. The number of carbonyl (C=O) groups excluding carboxylic acids is 1. The van der Waals surface area contributed by atoms with E-state index in [0.717, 1.165) is 12.0 Å². The fraction of sp³-hybridized carbons (Fsp3) is 0.556. The molecule has 2 aliphatic rings. The lowest BCUT2D eigenvalue weighted by atomic mass is 9.70. The van der Waals surface area contributed by atoms with Crippen molar-refractivity contribution in [3.63, 3.8) is 0 Å². The summed E-state index contributed by atoms with van der Waals surface area (Å²) in [6.45, 7) is 8.94. The number of rotatable bonds is 2. The molecule has 2 saturated carbocycles. The lowest BCUT2D eigenvalue weighted by Gasteiger charge is -2.34. The van der Waals surface area contributed by atoms with E-state index in [1.807, 2.05) is 31.2 Å². The van der Waals surface area contributed by atoms with Crippen LogP contribution in [0.4, 0.5) is 0 Å². The first kappa shape index (κ1) is 14.3. The number of benzene rings is 1. The van der Waals surface area contributed by atoms with Gasteiger partial charge in [0.1, 0.15) is 0 Å². The number of hydrogen-bond donors (Lipinski definition) is 1. The molecule has 0 saturated heterocycles. The maximum atomic E-state index is 12.3. The maximum Gasteiger partial charge on any atom is 0.271 e. The number of nitrogens with one attached hydrogen (secondary N) is 1. The Bertz CT molecular complexity index is 617. The summed E-state index contributed by atoms with van der Waals surface area (Å²) in [5.41, 5.74) is 6.06. The SMILES string of the molecule is Cc1ccccc1C(=O)NN=C1CC2CCC1(C)C2(C)C. The molecule has 3 rings (SSSR count). The second-order valence-electron chi connectivity index (χ2n) is 7.31. The number of fused-ring (bicyclic) bond motifs is 2. The van der Waals surface area contributed by atoms with Crippen molar-refractivity contribution in [2.45, 2.75) is 47.0 Å². The van der Waals surface area contributed by atoms with E-state index in [1.165, 1.54) is 18.6 Å². The van der Waals surface area contributed by atoms with Crippen LogP contribution in [0, 0.1) is 23.7 Å². The van der Waals surface area contributed by atoms with E-state index < -0.39 is 0 Å². The molecule has 1 N–H and O–H groups in total. The molecule has 1 aromatic carbocycles. The standard InChI is InChI=1S/C18H24N2O/c1-12-7-5-6-8-14(12)16(21)20-19-15-11-13-9-10-18(15,4)17(13,2)3/h5-8,13H,9-11H2,1-4H3,(H,20,21). The molecule has 112 valence electrons. The summed E-state index contributed by atoms with van der Waals surface area (Å²) in [6, 6.07) is 7.62. The predicted molar refractivity (Wildman–Crippen MR) is 85.3 cm³/mol. The Kier molecular flexibility index (Phi) is 3.19. The van der Waals surface area contributed by atoms with E-state index in [0.29, 0.717) is 16.9 Å². The highest BCUT2D eigenvalue weighted by molar-refractivity contribution is 5.98. The van der Waals surface area contributed by atoms with Crippen LogP contribution in [0.3, 0.4) is 0 Å². The molecular formula is C18H24N2O. The van der Waals surface area contributed by atoms with Crippen molar-refractivity contribution < 1.29 is 4.79 Å². The molecule has 21 heavy (non-hydrogen) atoms. The maximum absolute atomic E-state index is 12.3. The molecule has 2 bridgehead atoms. The highest BCUT2D eigenvalue weighted by Crippen LogP contribution is 2.63. The average Bonchev–Trinajstić information content (AvgIpc) is 2.78. The largest absolute Gasteiger partial charge is 0.271 e. The minimum Gasteiger partial charge on any atom is -0.267 e. The number of carbonyl (C=O) groups is 1. The first-order valence-electron chi connectivity index (χ1n) is 7.79. The van der Waals surface area contributed by atoms with Gasteiger partial charge in [-0.2, -0.15) is 5.10 Å². The van der Waals surface area contributed by atoms with Crippen LogP contribution in [0.5, 0.6) is 0 Å². The molecule has 1 aromatic rings. The summed E-state index contributed by atoms with van der Waals surface area (Å²) in [5.74, 6) is 0.599. The minimum absolute atomic E-state index is 0.107. The fourth-order valence-corrected chi connectivity index (χ4v) is 4.10. The van der Waals surface area contributed by atoms with Crippen molar-refractivity contribution >= 4 is 11.6 Å². The average molecular weight is 284 g/mol. The van der Waals surface area contributed by atoms with Gasteiger partial charge in [0.2, 0.25) is 0 Å². The van der Waals surface area contributed by atoms with E-state index >= 15 is 0 Å². The van der Waals surface area contributed by atoms with Crippen molar-refractivity contribution in [2.24, 2.45) is 21.8 Å².